The molecule has 0 spiro atoms. The number of urea groups is 1. The lowest BCUT2D eigenvalue weighted by atomic mass is 10.1. The van der Waals surface area contributed by atoms with Gasteiger partial charge in [-0.05, 0) is 6.42 Å². The van der Waals surface area contributed by atoms with E-state index in [1.807, 2.05) is 13.8 Å². The molecule has 0 saturated carbocycles. The SMILES string of the molecule is CC(C)c1nc(CN(C)C(=O)CC[C@@H]2NC(=O)NC2=O)no1. The maximum absolute atomic E-state index is 12.0. The van der Waals surface area contributed by atoms with Gasteiger partial charge in [0.25, 0.3) is 5.91 Å². The van der Waals surface area contributed by atoms with E-state index in [1.54, 1.807) is 7.05 Å². The Hall–Kier alpha value is -2.45. The molecule has 0 radical (unpaired) electrons. The van der Waals surface area contributed by atoms with Crippen molar-refractivity contribution in [2.24, 2.45) is 0 Å². The van der Waals surface area contributed by atoms with E-state index >= 15 is 0 Å². The molecule has 2 heterocycles. The molecule has 120 valence electrons. The van der Waals surface area contributed by atoms with Crippen LogP contribution in [0.3, 0.4) is 0 Å². The highest BCUT2D eigenvalue weighted by Gasteiger charge is 2.29. The van der Waals surface area contributed by atoms with Gasteiger partial charge in [-0.1, -0.05) is 19.0 Å². The maximum atomic E-state index is 12.0. The molecule has 2 N–H and O–H groups in total. The van der Waals surface area contributed by atoms with Crippen LogP contribution in [-0.4, -0.2) is 46.0 Å². The van der Waals surface area contributed by atoms with Crippen LogP contribution >= 0.6 is 0 Å². The second-order valence-corrected chi connectivity index (χ2v) is 5.51. The summed E-state index contributed by atoms with van der Waals surface area (Å²) < 4.78 is 5.07. The van der Waals surface area contributed by atoms with Gasteiger partial charge in [0, 0.05) is 19.4 Å². The third kappa shape index (κ3) is 3.80. The van der Waals surface area contributed by atoms with Crippen LogP contribution in [0.4, 0.5) is 4.79 Å². The zero-order chi connectivity index (χ0) is 16.3. The summed E-state index contributed by atoms with van der Waals surface area (Å²) in [4.78, 5) is 40.0. The van der Waals surface area contributed by atoms with Crippen LogP contribution in [0.1, 0.15) is 44.3 Å². The van der Waals surface area contributed by atoms with Crippen LogP contribution in [0, 0.1) is 0 Å². The second kappa shape index (κ2) is 6.54. The van der Waals surface area contributed by atoms with Crippen LogP contribution in [0.15, 0.2) is 4.52 Å². The quantitative estimate of drug-likeness (QED) is 0.722. The fourth-order valence-corrected chi connectivity index (χ4v) is 1.99. The van der Waals surface area contributed by atoms with Gasteiger partial charge in [0.2, 0.25) is 11.8 Å². The first-order valence-corrected chi connectivity index (χ1v) is 7.04. The number of rotatable bonds is 6. The minimum atomic E-state index is -0.650. The zero-order valence-electron chi connectivity index (χ0n) is 12.8. The molecular weight excluding hydrogens is 290 g/mol. The van der Waals surface area contributed by atoms with E-state index in [2.05, 4.69) is 20.8 Å². The number of imide groups is 1. The van der Waals surface area contributed by atoms with Crippen molar-refractivity contribution in [3.8, 4) is 0 Å². The summed E-state index contributed by atoms with van der Waals surface area (Å²) >= 11 is 0. The minimum Gasteiger partial charge on any atom is -0.339 e. The van der Waals surface area contributed by atoms with Crippen LogP contribution in [0.2, 0.25) is 0 Å². The van der Waals surface area contributed by atoms with Crippen LogP contribution in [-0.2, 0) is 16.1 Å². The number of hydrogen-bond donors (Lipinski definition) is 2. The highest BCUT2D eigenvalue weighted by Crippen LogP contribution is 2.12. The number of amides is 4. The van der Waals surface area contributed by atoms with Gasteiger partial charge in [0.05, 0.1) is 6.54 Å². The van der Waals surface area contributed by atoms with Crippen molar-refractivity contribution >= 4 is 17.8 Å². The molecule has 1 saturated heterocycles. The molecule has 1 fully saturated rings. The number of aromatic nitrogens is 2. The lowest BCUT2D eigenvalue weighted by Crippen LogP contribution is -2.32. The summed E-state index contributed by atoms with van der Waals surface area (Å²) in [6, 6.07) is -1.17. The minimum absolute atomic E-state index is 0.131. The molecule has 9 heteroatoms. The van der Waals surface area contributed by atoms with Gasteiger partial charge in [-0.3, -0.25) is 14.9 Å². The van der Waals surface area contributed by atoms with Gasteiger partial charge < -0.3 is 14.7 Å². The molecule has 4 amide bonds. The fraction of sp³-hybridized carbons (Fsp3) is 0.615. The summed E-state index contributed by atoms with van der Waals surface area (Å²) in [5.74, 6) is 0.532. The number of hydrogen-bond acceptors (Lipinski definition) is 6. The Bertz CT molecular complexity index is 583. The summed E-state index contributed by atoms with van der Waals surface area (Å²) in [6.07, 6.45) is 0.397. The predicted molar refractivity (Wildman–Crippen MR) is 74.6 cm³/mol. The number of nitrogens with one attached hydrogen (secondary N) is 2. The Morgan fingerprint density at radius 1 is 1.41 bits per heavy atom. The first-order chi connectivity index (χ1) is 10.4. The van der Waals surface area contributed by atoms with Crippen molar-refractivity contribution in [1.29, 1.82) is 0 Å². The van der Waals surface area contributed by atoms with Gasteiger partial charge in [-0.15, -0.1) is 0 Å². The van der Waals surface area contributed by atoms with Crippen molar-refractivity contribution in [3.05, 3.63) is 11.7 Å². The summed E-state index contributed by atoms with van der Waals surface area (Å²) in [5, 5.41) is 8.40. The number of carbonyl (C=O) groups excluding carboxylic acids is 3. The van der Waals surface area contributed by atoms with E-state index in [9.17, 15) is 14.4 Å². The van der Waals surface area contributed by atoms with E-state index in [1.165, 1.54) is 4.90 Å². The molecule has 22 heavy (non-hydrogen) atoms. The van der Waals surface area contributed by atoms with E-state index in [-0.39, 0.29) is 31.2 Å². The van der Waals surface area contributed by atoms with Gasteiger partial charge >= 0.3 is 6.03 Å². The first kappa shape index (κ1) is 15.9. The summed E-state index contributed by atoms with van der Waals surface area (Å²) in [6.45, 7) is 4.11. The van der Waals surface area contributed by atoms with Crippen molar-refractivity contribution in [2.75, 3.05) is 7.05 Å². The predicted octanol–water partition coefficient (Wildman–Crippen LogP) is 0.140. The molecule has 2 rings (SSSR count). The fourth-order valence-electron chi connectivity index (χ4n) is 1.99. The highest BCUT2D eigenvalue weighted by molar-refractivity contribution is 6.04. The zero-order valence-corrected chi connectivity index (χ0v) is 12.8. The topological polar surface area (TPSA) is 117 Å². The molecule has 9 nitrogen and oxygen atoms in total. The van der Waals surface area contributed by atoms with Crippen molar-refractivity contribution in [1.82, 2.24) is 25.7 Å². The number of carbonyl (C=O) groups is 3. The molecule has 1 aliphatic rings. The maximum Gasteiger partial charge on any atom is 0.322 e. The molecule has 1 aromatic rings. The second-order valence-electron chi connectivity index (χ2n) is 5.51. The van der Waals surface area contributed by atoms with Gasteiger partial charge in [0.1, 0.15) is 6.04 Å². The van der Waals surface area contributed by atoms with Crippen LogP contribution < -0.4 is 10.6 Å². The highest BCUT2D eigenvalue weighted by atomic mass is 16.5. The Kier molecular flexibility index (Phi) is 4.74. The first-order valence-electron chi connectivity index (χ1n) is 7.04. The normalized spacial score (nSPS) is 17.5. The third-order valence-electron chi connectivity index (χ3n) is 3.29. The summed E-state index contributed by atoms with van der Waals surface area (Å²) in [5.41, 5.74) is 0. The van der Waals surface area contributed by atoms with E-state index in [0.29, 0.717) is 11.7 Å². The van der Waals surface area contributed by atoms with Gasteiger partial charge in [0.15, 0.2) is 5.82 Å². The van der Waals surface area contributed by atoms with Crippen LogP contribution in [0.5, 0.6) is 0 Å². The van der Waals surface area contributed by atoms with Gasteiger partial charge in [-0.2, -0.15) is 4.98 Å². The van der Waals surface area contributed by atoms with E-state index in [0.717, 1.165) is 0 Å². The Morgan fingerprint density at radius 2 is 2.14 bits per heavy atom. The molecule has 0 unspecified atom stereocenters. The molecule has 0 aromatic carbocycles. The third-order valence-corrected chi connectivity index (χ3v) is 3.29. The van der Waals surface area contributed by atoms with Crippen molar-refractivity contribution in [2.45, 2.75) is 45.2 Å². The molecular formula is C13H19N5O4. The smallest absolute Gasteiger partial charge is 0.322 e. The van der Waals surface area contributed by atoms with E-state index in [4.69, 9.17) is 4.52 Å². The summed E-state index contributed by atoms with van der Waals surface area (Å²) in [7, 11) is 1.63. The molecule has 0 bridgehead atoms. The van der Waals surface area contributed by atoms with Crippen molar-refractivity contribution in [3.63, 3.8) is 0 Å². The standard InChI is InChI=1S/C13H19N5O4/c1-7(2)12-15-9(17-22-12)6-18(3)10(19)5-4-8-11(20)16-13(21)14-8/h7-8H,4-6H2,1-3H3,(H2,14,16,20,21)/t8-/m0/s1. The van der Waals surface area contributed by atoms with Gasteiger partial charge in [-0.25, -0.2) is 4.79 Å². The molecule has 0 aliphatic carbocycles. The number of nitrogens with zero attached hydrogens (tertiary/aromatic N) is 3. The lowest BCUT2D eigenvalue weighted by molar-refractivity contribution is -0.130. The average molecular weight is 309 g/mol. The molecule has 1 aliphatic heterocycles. The molecule has 1 atom stereocenters. The molecule has 1 aromatic heterocycles. The monoisotopic (exact) mass is 309 g/mol. The van der Waals surface area contributed by atoms with Crippen LogP contribution in [0.25, 0.3) is 0 Å². The Morgan fingerprint density at radius 3 is 2.68 bits per heavy atom. The lowest BCUT2D eigenvalue weighted by Gasteiger charge is -2.15. The van der Waals surface area contributed by atoms with E-state index < -0.39 is 18.0 Å². The average Bonchev–Trinajstić information content (AvgIpc) is 3.02. The largest absolute Gasteiger partial charge is 0.339 e. The Labute approximate surface area is 127 Å². The Balaban J connectivity index is 1.81. The van der Waals surface area contributed by atoms with Crippen molar-refractivity contribution < 1.29 is 18.9 Å².